The third kappa shape index (κ3) is 6.20. The summed E-state index contributed by atoms with van der Waals surface area (Å²) >= 11 is 1.57. The van der Waals surface area contributed by atoms with Crippen molar-refractivity contribution < 1.29 is 17.9 Å². The second-order valence-corrected chi connectivity index (χ2v) is 11.7. The van der Waals surface area contributed by atoms with Crippen molar-refractivity contribution in [2.24, 2.45) is 0 Å². The van der Waals surface area contributed by atoms with Crippen molar-refractivity contribution in [1.29, 1.82) is 0 Å². The van der Waals surface area contributed by atoms with E-state index in [2.05, 4.69) is 10.0 Å². The maximum Gasteiger partial charge on any atom is 0.241 e. The molecule has 0 fully saturated rings. The summed E-state index contributed by atoms with van der Waals surface area (Å²) in [6, 6.07) is 31.8. The van der Waals surface area contributed by atoms with E-state index >= 15 is 0 Å². The van der Waals surface area contributed by atoms with Crippen LogP contribution >= 0.6 is 11.3 Å². The lowest BCUT2D eigenvalue weighted by Crippen LogP contribution is -2.48. The lowest BCUT2D eigenvalue weighted by atomic mass is 9.97. The zero-order valence-electron chi connectivity index (χ0n) is 21.3. The van der Waals surface area contributed by atoms with Crippen LogP contribution in [0.4, 0.5) is 0 Å². The molecule has 6 nitrogen and oxygen atoms in total. The molecule has 0 bridgehead atoms. The molecule has 0 aliphatic carbocycles. The highest BCUT2D eigenvalue weighted by Gasteiger charge is 2.29. The average Bonchev–Trinajstić information content (AvgIpc) is 3.39. The first kappa shape index (κ1) is 26.6. The Bertz CT molecular complexity index is 1610. The van der Waals surface area contributed by atoms with Crippen LogP contribution in [-0.4, -0.2) is 27.5 Å². The summed E-state index contributed by atoms with van der Waals surface area (Å²) in [5, 5.41) is 6.11. The molecule has 5 aromatic rings. The number of amides is 1. The number of carbonyl (C=O) groups is 1. The van der Waals surface area contributed by atoms with Gasteiger partial charge >= 0.3 is 0 Å². The average molecular weight is 557 g/mol. The fraction of sp³-hybridized carbons (Fsp3) is 0.129. The minimum atomic E-state index is -4.01. The largest absolute Gasteiger partial charge is 0.497 e. The first-order chi connectivity index (χ1) is 18.9. The molecule has 0 aliphatic rings. The zero-order chi connectivity index (χ0) is 27.2. The van der Waals surface area contributed by atoms with E-state index in [4.69, 9.17) is 4.74 Å². The molecule has 5 rings (SSSR count). The van der Waals surface area contributed by atoms with Crippen molar-refractivity contribution in [2.75, 3.05) is 7.11 Å². The summed E-state index contributed by atoms with van der Waals surface area (Å²) in [6.07, 6.45) is 0.196. The van der Waals surface area contributed by atoms with Crippen LogP contribution in [0, 0.1) is 0 Å². The van der Waals surface area contributed by atoms with Crippen molar-refractivity contribution in [3.63, 3.8) is 0 Å². The molecule has 8 heteroatoms. The molecule has 0 aliphatic heterocycles. The van der Waals surface area contributed by atoms with Gasteiger partial charge in [-0.05, 0) is 64.2 Å². The van der Waals surface area contributed by atoms with Crippen LogP contribution in [-0.2, 0) is 21.2 Å². The number of hydrogen-bond donors (Lipinski definition) is 2. The number of thiophene rings is 1. The van der Waals surface area contributed by atoms with E-state index in [1.54, 1.807) is 23.5 Å². The van der Waals surface area contributed by atoms with Gasteiger partial charge in [0.05, 0.1) is 18.0 Å². The summed E-state index contributed by atoms with van der Waals surface area (Å²) in [4.78, 5) is 14.0. The molecule has 4 aromatic carbocycles. The fourth-order valence-corrected chi connectivity index (χ4v) is 6.67. The molecule has 1 heterocycles. The van der Waals surface area contributed by atoms with E-state index in [1.165, 1.54) is 19.2 Å². The molecule has 0 saturated heterocycles. The quantitative estimate of drug-likeness (QED) is 0.231. The monoisotopic (exact) mass is 556 g/mol. The Morgan fingerprint density at radius 3 is 2.03 bits per heavy atom. The first-order valence-electron chi connectivity index (χ1n) is 12.5. The van der Waals surface area contributed by atoms with Crippen LogP contribution in [0.3, 0.4) is 0 Å². The SMILES string of the molecule is COc1ccc(S(=O)(=O)N[C@H](Cc2csc3ccccc23)C(=O)NC(c2ccccc2)c2ccccc2)cc1. The van der Waals surface area contributed by atoms with Crippen molar-refractivity contribution in [3.05, 3.63) is 131 Å². The number of rotatable bonds is 10. The molecular weight excluding hydrogens is 528 g/mol. The fourth-order valence-electron chi connectivity index (χ4n) is 4.50. The van der Waals surface area contributed by atoms with Gasteiger partial charge in [0, 0.05) is 4.70 Å². The topological polar surface area (TPSA) is 84.5 Å². The van der Waals surface area contributed by atoms with Gasteiger partial charge in [-0.1, -0.05) is 78.9 Å². The minimum Gasteiger partial charge on any atom is -0.497 e. The molecule has 1 aromatic heterocycles. The van der Waals surface area contributed by atoms with Crippen molar-refractivity contribution >= 4 is 37.4 Å². The molecule has 0 unspecified atom stereocenters. The van der Waals surface area contributed by atoms with Crippen LogP contribution in [0.2, 0.25) is 0 Å². The summed E-state index contributed by atoms with van der Waals surface area (Å²) < 4.78 is 35.8. The lowest BCUT2D eigenvalue weighted by Gasteiger charge is -2.24. The predicted molar refractivity (Wildman–Crippen MR) is 156 cm³/mol. The van der Waals surface area contributed by atoms with Gasteiger partial charge in [-0.25, -0.2) is 8.42 Å². The molecule has 1 amide bonds. The van der Waals surface area contributed by atoms with E-state index < -0.39 is 28.0 Å². The molecule has 0 radical (unpaired) electrons. The molecule has 1 atom stereocenters. The second kappa shape index (κ2) is 11.8. The van der Waals surface area contributed by atoms with Crippen LogP contribution in [0.25, 0.3) is 10.1 Å². The number of benzene rings is 4. The predicted octanol–water partition coefficient (Wildman–Crippen LogP) is 5.71. The van der Waals surface area contributed by atoms with Gasteiger partial charge in [-0.15, -0.1) is 11.3 Å². The van der Waals surface area contributed by atoms with Crippen LogP contribution in [0.1, 0.15) is 22.7 Å². The number of nitrogens with one attached hydrogen (secondary N) is 2. The minimum absolute atomic E-state index is 0.0546. The van der Waals surface area contributed by atoms with Gasteiger partial charge in [0.1, 0.15) is 11.8 Å². The lowest BCUT2D eigenvalue weighted by molar-refractivity contribution is -0.123. The van der Waals surface area contributed by atoms with Crippen molar-refractivity contribution in [3.8, 4) is 5.75 Å². The van der Waals surface area contributed by atoms with E-state index in [1.807, 2.05) is 90.3 Å². The van der Waals surface area contributed by atoms with E-state index in [-0.39, 0.29) is 11.3 Å². The molecular formula is C31H28N2O4S2. The Morgan fingerprint density at radius 2 is 1.41 bits per heavy atom. The van der Waals surface area contributed by atoms with Crippen LogP contribution in [0.15, 0.2) is 119 Å². The van der Waals surface area contributed by atoms with Gasteiger partial charge < -0.3 is 10.1 Å². The Balaban J connectivity index is 1.49. The van der Waals surface area contributed by atoms with Crippen LogP contribution in [0.5, 0.6) is 5.75 Å². The zero-order valence-corrected chi connectivity index (χ0v) is 22.9. The van der Waals surface area contributed by atoms with Crippen molar-refractivity contribution in [1.82, 2.24) is 10.0 Å². The number of fused-ring (bicyclic) bond motifs is 1. The summed E-state index contributed by atoms with van der Waals surface area (Å²) in [5.41, 5.74) is 2.70. The molecule has 39 heavy (non-hydrogen) atoms. The number of ether oxygens (including phenoxy) is 1. The molecule has 0 saturated carbocycles. The van der Waals surface area contributed by atoms with Gasteiger partial charge in [0.25, 0.3) is 0 Å². The Hall–Kier alpha value is -3.98. The van der Waals surface area contributed by atoms with Gasteiger partial charge in [-0.2, -0.15) is 4.72 Å². The third-order valence-electron chi connectivity index (χ3n) is 6.52. The number of sulfonamides is 1. The highest BCUT2D eigenvalue weighted by atomic mass is 32.2. The third-order valence-corrected chi connectivity index (χ3v) is 9.02. The maximum atomic E-state index is 13.9. The second-order valence-electron chi connectivity index (χ2n) is 9.07. The highest BCUT2D eigenvalue weighted by molar-refractivity contribution is 7.89. The number of methoxy groups -OCH3 is 1. The summed E-state index contributed by atoms with van der Waals surface area (Å²) in [6.45, 7) is 0. The van der Waals surface area contributed by atoms with Gasteiger partial charge in [0.15, 0.2) is 0 Å². The maximum absolute atomic E-state index is 13.9. The van der Waals surface area contributed by atoms with E-state index in [9.17, 15) is 13.2 Å². The Kier molecular flexibility index (Phi) is 8.07. The number of hydrogen-bond acceptors (Lipinski definition) is 5. The van der Waals surface area contributed by atoms with Gasteiger partial charge in [-0.3, -0.25) is 4.79 Å². The van der Waals surface area contributed by atoms with Gasteiger partial charge in [0.2, 0.25) is 15.9 Å². The number of carbonyl (C=O) groups excluding carboxylic acids is 1. The smallest absolute Gasteiger partial charge is 0.241 e. The van der Waals surface area contributed by atoms with Crippen LogP contribution < -0.4 is 14.8 Å². The van der Waals surface area contributed by atoms with E-state index in [0.29, 0.717) is 5.75 Å². The Labute approximate surface area is 232 Å². The highest BCUT2D eigenvalue weighted by Crippen LogP contribution is 2.28. The first-order valence-corrected chi connectivity index (χ1v) is 14.8. The standard InChI is InChI=1S/C31H28N2O4S2/c1-37-25-16-18-26(19-17-25)39(35,36)33-28(20-24-21-38-29-15-9-8-14-27(24)29)31(34)32-30(22-10-4-2-5-11-22)23-12-6-3-7-13-23/h2-19,21,28,30,33H,20H2,1H3,(H,32,34)/t28-/m1/s1. The molecule has 2 N–H and O–H groups in total. The van der Waals surface area contributed by atoms with E-state index in [0.717, 1.165) is 26.8 Å². The normalized spacial score (nSPS) is 12.4. The summed E-state index contributed by atoms with van der Waals surface area (Å²) in [5.74, 6) is 0.127. The molecule has 198 valence electrons. The van der Waals surface area contributed by atoms with Crippen molar-refractivity contribution in [2.45, 2.75) is 23.4 Å². The summed E-state index contributed by atoms with van der Waals surface area (Å²) in [7, 11) is -2.50. The Morgan fingerprint density at radius 1 is 0.821 bits per heavy atom. The molecule has 0 spiro atoms.